The van der Waals surface area contributed by atoms with Gasteiger partial charge in [-0.25, -0.2) is 0 Å². The number of carbonyl (C=O) groups is 1. The van der Waals surface area contributed by atoms with Crippen molar-refractivity contribution in [1.82, 2.24) is 9.80 Å². The van der Waals surface area contributed by atoms with Gasteiger partial charge < -0.3 is 10.6 Å². The molecule has 0 aromatic heterocycles. The van der Waals surface area contributed by atoms with Gasteiger partial charge in [-0.3, -0.25) is 9.69 Å². The maximum absolute atomic E-state index is 12.1. The Morgan fingerprint density at radius 2 is 1.67 bits per heavy atom. The lowest BCUT2D eigenvalue weighted by Gasteiger charge is -2.38. The zero-order chi connectivity index (χ0) is 13.9. The van der Waals surface area contributed by atoms with Crippen LogP contribution in [0.25, 0.3) is 0 Å². The predicted molar refractivity (Wildman–Crippen MR) is 75.3 cm³/mol. The van der Waals surface area contributed by atoms with E-state index in [2.05, 4.69) is 25.7 Å². The standard InChI is InChI=1S/C14H29N3O/c1-11(2)12(15)13(18)17-8-6-16(7-9-17)10-14(3,4)5/h11-12H,6-10,15H2,1-5H3/t12-/m0/s1. The topological polar surface area (TPSA) is 49.6 Å². The first-order valence-electron chi connectivity index (χ1n) is 6.97. The molecule has 0 spiro atoms. The second-order valence-electron chi connectivity index (χ2n) is 6.93. The summed E-state index contributed by atoms with van der Waals surface area (Å²) < 4.78 is 0. The van der Waals surface area contributed by atoms with Crippen molar-refractivity contribution in [2.75, 3.05) is 32.7 Å². The monoisotopic (exact) mass is 255 g/mol. The van der Waals surface area contributed by atoms with Crippen molar-refractivity contribution in [2.45, 2.75) is 40.7 Å². The van der Waals surface area contributed by atoms with E-state index >= 15 is 0 Å². The third-order valence-corrected chi connectivity index (χ3v) is 3.39. The Labute approximate surface area is 111 Å². The molecule has 0 radical (unpaired) electrons. The second kappa shape index (κ2) is 6.02. The lowest BCUT2D eigenvalue weighted by molar-refractivity contribution is -0.135. The van der Waals surface area contributed by atoms with Gasteiger partial charge in [0.05, 0.1) is 6.04 Å². The van der Waals surface area contributed by atoms with E-state index in [1.165, 1.54) is 0 Å². The van der Waals surface area contributed by atoms with Gasteiger partial charge in [0.15, 0.2) is 0 Å². The minimum Gasteiger partial charge on any atom is -0.339 e. The highest BCUT2D eigenvalue weighted by molar-refractivity contribution is 5.82. The average molecular weight is 255 g/mol. The first-order valence-corrected chi connectivity index (χ1v) is 6.97. The molecule has 1 saturated heterocycles. The van der Waals surface area contributed by atoms with Crippen LogP contribution >= 0.6 is 0 Å². The SMILES string of the molecule is CC(C)[C@H](N)C(=O)N1CCN(CC(C)(C)C)CC1. The van der Waals surface area contributed by atoms with Crippen LogP contribution in [0.4, 0.5) is 0 Å². The first kappa shape index (κ1) is 15.4. The van der Waals surface area contributed by atoms with Gasteiger partial charge in [-0.15, -0.1) is 0 Å². The Balaban J connectivity index is 2.42. The minimum atomic E-state index is -0.348. The number of piperazine rings is 1. The van der Waals surface area contributed by atoms with Gasteiger partial charge in [0.25, 0.3) is 0 Å². The molecule has 0 unspecified atom stereocenters. The molecule has 0 aromatic rings. The molecule has 1 aliphatic rings. The van der Waals surface area contributed by atoms with Crippen molar-refractivity contribution in [3.05, 3.63) is 0 Å². The van der Waals surface area contributed by atoms with Crippen molar-refractivity contribution in [3.8, 4) is 0 Å². The Hall–Kier alpha value is -0.610. The van der Waals surface area contributed by atoms with Crippen molar-refractivity contribution >= 4 is 5.91 Å². The number of carbonyl (C=O) groups excluding carboxylic acids is 1. The Morgan fingerprint density at radius 1 is 1.17 bits per heavy atom. The maximum atomic E-state index is 12.1. The molecular formula is C14H29N3O. The van der Waals surface area contributed by atoms with E-state index in [1.807, 2.05) is 18.7 Å². The number of amides is 1. The predicted octanol–water partition coefficient (Wildman–Crippen LogP) is 1.16. The van der Waals surface area contributed by atoms with Gasteiger partial charge in [-0.1, -0.05) is 34.6 Å². The van der Waals surface area contributed by atoms with Crippen LogP contribution in [0.3, 0.4) is 0 Å². The van der Waals surface area contributed by atoms with E-state index in [0.717, 1.165) is 32.7 Å². The van der Waals surface area contributed by atoms with Crippen LogP contribution in [0.2, 0.25) is 0 Å². The van der Waals surface area contributed by atoms with Gasteiger partial charge in [-0.2, -0.15) is 0 Å². The summed E-state index contributed by atoms with van der Waals surface area (Å²) in [4.78, 5) is 16.5. The molecule has 1 atom stereocenters. The summed E-state index contributed by atoms with van der Waals surface area (Å²) in [5.74, 6) is 0.325. The minimum absolute atomic E-state index is 0.111. The molecule has 1 amide bonds. The number of hydrogen-bond acceptors (Lipinski definition) is 3. The molecule has 1 fully saturated rings. The summed E-state index contributed by atoms with van der Waals surface area (Å²) >= 11 is 0. The fraction of sp³-hybridized carbons (Fsp3) is 0.929. The second-order valence-corrected chi connectivity index (χ2v) is 6.93. The highest BCUT2D eigenvalue weighted by Gasteiger charge is 2.27. The summed E-state index contributed by atoms with van der Waals surface area (Å²) in [5.41, 5.74) is 6.24. The fourth-order valence-corrected chi connectivity index (χ4v) is 2.29. The third-order valence-electron chi connectivity index (χ3n) is 3.39. The van der Waals surface area contributed by atoms with E-state index in [4.69, 9.17) is 5.73 Å². The summed E-state index contributed by atoms with van der Waals surface area (Å²) in [6.45, 7) is 15.4. The quantitative estimate of drug-likeness (QED) is 0.823. The number of hydrogen-bond donors (Lipinski definition) is 1. The van der Waals surface area contributed by atoms with Crippen LogP contribution < -0.4 is 5.73 Å². The number of nitrogens with two attached hydrogens (primary N) is 1. The molecule has 0 saturated carbocycles. The van der Waals surface area contributed by atoms with E-state index < -0.39 is 0 Å². The molecule has 2 N–H and O–H groups in total. The molecule has 0 aliphatic carbocycles. The molecule has 18 heavy (non-hydrogen) atoms. The summed E-state index contributed by atoms with van der Waals surface area (Å²) in [7, 11) is 0. The van der Waals surface area contributed by atoms with Crippen molar-refractivity contribution in [1.29, 1.82) is 0 Å². The molecule has 1 heterocycles. The van der Waals surface area contributed by atoms with Crippen LogP contribution in [-0.4, -0.2) is 54.5 Å². The van der Waals surface area contributed by atoms with Crippen molar-refractivity contribution in [2.24, 2.45) is 17.1 Å². The lowest BCUT2D eigenvalue weighted by atomic mass is 9.95. The molecule has 1 rings (SSSR count). The summed E-state index contributed by atoms with van der Waals surface area (Å²) in [5, 5.41) is 0. The molecule has 4 heteroatoms. The molecule has 0 bridgehead atoms. The molecule has 0 aromatic carbocycles. The maximum Gasteiger partial charge on any atom is 0.239 e. The van der Waals surface area contributed by atoms with Gasteiger partial charge in [0.1, 0.15) is 0 Å². The fourth-order valence-electron chi connectivity index (χ4n) is 2.29. The van der Waals surface area contributed by atoms with E-state index in [1.54, 1.807) is 0 Å². The third kappa shape index (κ3) is 4.58. The largest absolute Gasteiger partial charge is 0.339 e. The van der Waals surface area contributed by atoms with Gasteiger partial charge in [0, 0.05) is 32.7 Å². The molecule has 106 valence electrons. The van der Waals surface area contributed by atoms with Gasteiger partial charge in [-0.05, 0) is 11.3 Å². The lowest BCUT2D eigenvalue weighted by Crippen LogP contribution is -2.55. The Morgan fingerprint density at radius 3 is 2.06 bits per heavy atom. The molecule has 1 aliphatic heterocycles. The van der Waals surface area contributed by atoms with Crippen LogP contribution in [0, 0.1) is 11.3 Å². The van der Waals surface area contributed by atoms with Gasteiger partial charge >= 0.3 is 0 Å². The van der Waals surface area contributed by atoms with E-state index in [0.29, 0.717) is 5.41 Å². The highest BCUT2D eigenvalue weighted by Crippen LogP contribution is 2.17. The number of nitrogens with zero attached hydrogens (tertiary/aromatic N) is 2. The van der Waals surface area contributed by atoms with E-state index in [9.17, 15) is 4.79 Å². The average Bonchev–Trinajstić information content (AvgIpc) is 2.26. The van der Waals surface area contributed by atoms with Gasteiger partial charge in [0.2, 0.25) is 5.91 Å². The van der Waals surface area contributed by atoms with Crippen LogP contribution in [-0.2, 0) is 4.79 Å². The van der Waals surface area contributed by atoms with Crippen LogP contribution in [0.1, 0.15) is 34.6 Å². The smallest absolute Gasteiger partial charge is 0.239 e. The number of rotatable bonds is 3. The Bertz CT molecular complexity index is 275. The van der Waals surface area contributed by atoms with Crippen LogP contribution in [0.5, 0.6) is 0 Å². The van der Waals surface area contributed by atoms with Crippen molar-refractivity contribution in [3.63, 3.8) is 0 Å². The normalized spacial score (nSPS) is 20.3. The van der Waals surface area contributed by atoms with E-state index in [-0.39, 0.29) is 17.9 Å². The molecule has 4 nitrogen and oxygen atoms in total. The van der Waals surface area contributed by atoms with Crippen molar-refractivity contribution < 1.29 is 4.79 Å². The zero-order valence-electron chi connectivity index (χ0n) is 12.6. The van der Waals surface area contributed by atoms with Crippen LogP contribution in [0.15, 0.2) is 0 Å². The first-order chi connectivity index (χ1) is 8.20. The zero-order valence-corrected chi connectivity index (χ0v) is 12.6. The summed E-state index contributed by atoms with van der Waals surface area (Å²) in [6, 6.07) is -0.348. The Kier molecular flexibility index (Phi) is 5.17. The summed E-state index contributed by atoms with van der Waals surface area (Å²) in [6.07, 6.45) is 0. The highest BCUT2D eigenvalue weighted by atomic mass is 16.2. The molecular weight excluding hydrogens is 226 g/mol.